The summed E-state index contributed by atoms with van der Waals surface area (Å²) in [4.78, 5) is 14.5. The van der Waals surface area contributed by atoms with Crippen molar-refractivity contribution in [2.24, 2.45) is 0 Å². The SMILES string of the molecule is CCCN(CC(=O)N(C)C)c1c(F)cc(C#N)cc1F. The van der Waals surface area contributed by atoms with Crippen LogP contribution in [0.4, 0.5) is 14.5 Å². The molecule has 0 spiro atoms. The molecule has 0 N–H and O–H groups in total. The van der Waals surface area contributed by atoms with Gasteiger partial charge in [0.25, 0.3) is 0 Å². The molecule has 0 aromatic heterocycles. The fraction of sp³-hybridized carbons (Fsp3) is 0.429. The summed E-state index contributed by atoms with van der Waals surface area (Å²) in [6.45, 7) is 2.09. The molecule has 1 aromatic carbocycles. The molecule has 0 radical (unpaired) electrons. The summed E-state index contributed by atoms with van der Waals surface area (Å²) in [7, 11) is 3.16. The first-order valence-electron chi connectivity index (χ1n) is 6.25. The van der Waals surface area contributed by atoms with E-state index in [1.165, 1.54) is 9.80 Å². The predicted molar refractivity (Wildman–Crippen MR) is 72.3 cm³/mol. The minimum absolute atomic E-state index is 0.0841. The minimum atomic E-state index is -0.832. The van der Waals surface area contributed by atoms with Crippen LogP contribution < -0.4 is 4.90 Å². The lowest BCUT2D eigenvalue weighted by Gasteiger charge is -2.26. The molecule has 1 aromatic rings. The third-order valence-corrected chi connectivity index (χ3v) is 2.78. The fourth-order valence-electron chi connectivity index (χ4n) is 1.78. The third kappa shape index (κ3) is 3.67. The summed E-state index contributed by atoms with van der Waals surface area (Å²) in [6.07, 6.45) is 0.638. The minimum Gasteiger partial charge on any atom is -0.357 e. The highest BCUT2D eigenvalue weighted by molar-refractivity contribution is 5.81. The number of amides is 1. The average molecular weight is 281 g/mol. The maximum absolute atomic E-state index is 14.0. The molecule has 0 heterocycles. The number of halogens is 2. The van der Waals surface area contributed by atoms with Gasteiger partial charge in [-0.05, 0) is 18.6 Å². The van der Waals surface area contributed by atoms with Crippen molar-refractivity contribution in [1.29, 1.82) is 5.26 Å². The zero-order chi connectivity index (χ0) is 15.3. The van der Waals surface area contributed by atoms with E-state index in [-0.39, 0.29) is 23.7 Å². The van der Waals surface area contributed by atoms with Crippen molar-refractivity contribution in [1.82, 2.24) is 4.90 Å². The van der Waals surface area contributed by atoms with E-state index >= 15 is 0 Å². The number of carbonyl (C=O) groups excluding carboxylic acids is 1. The van der Waals surface area contributed by atoms with Crippen molar-refractivity contribution < 1.29 is 13.6 Å². The van der Waals surface area contributed by atoms with Gasteiger partial charge in [0, 0.05) is 20.6 Å². The molecular formula is C14H17F2N3O. The fourth-order valence-corrected chi connectivity index (χ4v) is 1.78. The number of nitriles is 1. The smallest absolute Gasteiger partial charge is 0.241 e. The molecule has 0 bridgehead atoms. The monoisotopic (exact) mass is 281 g/mol. The molecule has 0 atom stereocenters. The molecular weight excluding hydrogens is 264 g/mol. The number of anilines is 1. The normalized spacial score (nSPS) is 10.0. The molecule has 20 heavy (non-hydrogen) atoms. The molecule has 0 saturated heterocycles. The first kappa shape index (κ1) is 15.9. The maximum atomic E-state index is 14.0. The highest BCUT2D eigenvalue weighted by Gasteiger charge is 2.20. The molecule has 0 aliphatic rings. The highest BCUT2D eigenvalue weighted by atomic mass is 19.1. The first-order valence-corrected chi connectivity index (χ1v) is 6.25. The van der Waals surface area contributed by atoms with Crippen molar-refractivity contribution in [3.63, 3.8) is 0 Å². The Labute approximate surface area is 117 Å². The van der Waals surface area contributed by atoms with Crippen molar-refractivity contribution in [2.75, 3.05) is 32.1 Å². The van der Waals surface area contributed by atoms with Crippen LogP contribution in [0.3, 0.4) is 0 Å². The Hall–Kier alpha value is -2.16. The largest absolute Gasteiger partial charge is 0.357 e. The van der Waals surface area contributed by atoms with Gasteiger partial charge in [0.05, 0.1) is 18.2 Å². The Balaban J connectivity index is 3.15. The second kappa shape index (κ2) is 6.85. The van der Waals surface area contributed by atoms with Crippen molar-refractivity contribution >= 4 is 11.6 Å². The maximum Gasteiger partial charge on any atom is 0.241 e. The molecule has 4 nitrogen and oxygen atoms in total. The van der Waals surface area contributed by atoms with Gasteiger partial charge in [0.1, 0.15) is 5.69 Å². The Morgan fingerprint density at radius 2 is 1.85 bits per heavy atom. The molecule has 0 aliphatic heterocycles. The second-order valence-electron chi connectivity index (χ2n) is 4.61. The molecule has 1 amide bonds. The number of likely N-dealkylation sites (N-methyl/N-ethyl adjacent to an activating group) is 1. The predicted octanol–water partition coefficient (Wildman–Crippen LogP) is 2.14. The third-order valence-electron chi connectivity index (χ3n) is 2.78. The van der Waals surface area contributed by atoms with Crippen LogP contribution in [-0.2, 0) is 4.79 Å². The summed E-state index contributed by atoms with van der Waals surface area (Å²) in [5.41, 5.74) is -0.347. The summed E-state index contributed by atoms with van der Waals surface area (Å²) in [5.74, 6) is -1.91. The summed E-state index contributed by atoms with van der Waals surface area (Å²) in [6, 6.07) is 3.64. The van der Waals surface area contributed by atoms with Gasteiger partial charge in [-0.15, -0.1) is 0 Å². The Morgan fingerprint density at radius 3 is 2.25 bits per heavy atom. The average Bonchev–Trinajstić information content (AvgIpc) is 2.37. The number of hydrogen-bond acceptors (Lipinski definition) is 3. The standard InChI is InChI=1S/C14H17F2N3O/c1-4-5-19(9-13(20)18(2)3)14-11(15)6-10(8-17)7-12(14)16/h6-7H,4-5,9H2,1-3H3. The van der Waals surface area contributed by atoms with Crippen molar-refractivity contribution in [2.45, 2.75) is 13.3 Å². The molecule has 6 heteroatoms. The van der Waals surface area contributed by atoms with Gasteiger partial charge < -0.3 is 9.80 Å². The van der Waals surface area contributed by atoms with E-state index in [0.717, 1.165) is 12.1 Å². The zero-order valence-corrected chi connectivity index (χ0v) is 11.8. The van der Waals surface area contributed by atoms with Gasteiger partial charge in [0.15, 0.2) is 11.6 Å². The van der Waals surface area contributed by atoms with Gasteiger partial charge in [0.2, 0.25) is 5.91 Å². The van der Waals surface area contributed by atoms with Crippen LogP contribution in [0.2, 0.25) is 0 Å². The van der Waals surface area contributed by atoms with Crippen LogP contribution >= 0.6 is 0 Å². The molecule has 108 valence electrons. The van der Waals surface area contributed by atoms with Crippen LogP contribution in [0.25, 0.3) is 0 Å². The van der Waals surface area contributed by atoms with E-state index in [1.54, 1.807) is 20.2 Å². The lowest BCUT2D eigenvalue weighted by Crippen LogP contribution is -2.38. The molecule has 0 saturated carbocycles. The lowest BCUT2D eigenvalue weighted by molar-refractivity contribution is -0.127. The van der Waals surface area contributed by atoms with Gasteiger partial charge in [-0.3, -0.25) is 4.79 Å². The van der Waals surface area contributed by atoms with E-state index in [0.29, 0.717) is 13.0 Å². The van der Waals surface area contributed by atoms with E-state index < -0.39 is 11.6 Å². The van der Waals surface area contributed by atoms with E-state index in [4.69, 9.17) is 5.26 Å². The summed E-state index contributed by atoms with van der Waals surface area (Å²) >= 11 is 0. The van der Waals surface area contributed by atoms with Gasteiger partial charge in [-0.2, -0.15) is 5.26 Å². The number of benzene rings is 1. The van der Waals surface area contributed by atoms with E-state index in [1.807, 2.05) is 6.92 Å². The zero-order valence-electron chi connectivity index (χ0n) is 11.8. The van der Waals surface area contributed by atoms with E-state index in [9.17, 15) is 13.6 Å². The quantitative estimate of drug-likeness (QED) is 0.830. The summed E-state index contributed by atoms with van der Waals surface area (Å²) in [5, 5.41) is 8.68. The first-order chi connectivity index (χ1) is 9.40. The molecule has 0 aliphatic carbocycles. The number of nitrogens with zero attached hydrogens (tertiary/aromatic N) is 3. The van der Waals surface area contributed by atoms with Crippen LogP contribution in [0.1, 0.15) is 18.9 Å². The second-order valence-corrected chi connectivity index (χ2v) is 4.61. The van der Waals surface area contributed by atoms with E-state index in [2.05, 4.69) is 0 Å². The van der Waals surface area contributed by atoms with Crippen molar-refractivity contribution in [3.05, 3.63) is 29.3 Å². The van der Waals surface area contributed by atoms with Gasteiger partial charge >= 0.3 is 0 Å². The number of hydrogen-bond donors (Lipinski definition) is 0. The number of rotatable bonds is 5. The van der Waals surface area contributed by atoms with Crippen LogP contribution in [0, 0.1) is 23.0 Å². The van der Waals surface area contributed by atoms with Crippen LogP contribution in [-0.4, -0.2) is 38.0 Å². The summed E-state index contributed by atoms with van der Waals surface area (Å²) < 4.78 is 27.9. The highest BCUT2D eigenvalue weighted by Crippen LogP contribution is 2.25. The van der Waals surface area contributed by atoms with Crippen molar-refractivity contribution in [3.8, 4) is 6.07 Å². The van der Waals surface area contributed by atoms with Gasteiger partial charge in [-0.1, -0.05) is 6.92 Å². The Bertz CT molecular complexity index is 515. The molecule has 1 rings (SSSR count). The number of carbonyl (C=O) groups is 1. The van der Waals surface area contributed by atoms with Crippen LogP contribution in [0.5, 0.6) is 0 Å². The molecule has 0 unspecified atom stereocenters. The Morgan fingerprint density at radius 1 is 1.30 bits per heavy atom. The Kier molecular flexibility index (Phi) is 5.44. The lowest BCUT2D eigenvalue weighted by atomic mass is 10.1. The molecule has 0 fully saturated rings. The topological polar surface area (TPSA) is 47.3 Å². The van der Waals surface area contributed by atoms with Crippen LogP contribution in [0.15, 0.2) is 12.1 Å². The van der Waals surface area contributed by atoms with Gasteiger partial charge in [-0.25, -0.2) is 8.78 Å².